The summed E-state index contributed by atoms with van der Waals surface area (Å²) in [6, 6.07) is 10.6. The molecule has 3 heterocycles. The van der Waals surface area contributed by atoms with Gasteiger partial charge in [0.2, 0.25) is 0 Å². The van der Waals surface area contributed by atoms with E-state index < -0.39 is 0 Å². The second kappa shape index (κ2) is 7.01. The van der Waals surface area contributed by atoms with Gasteiger partial charge in [-0.2, -0.15) is 0 Å². The highest BCUT2D eigenvalue weighted by Gasteiger charge is 2.23. The van der Waals surface area contributed by atoms with Crippen LogP contribution in [-0.2, 0) is 13.1 Å². The zero-order valence-electron chi connectivity index (χ0n) is 13.8. The van der Waals surface area contributed by atoms with E-state index >= 15 is 0 Å². The lowest BCUT2D eigenvalue weighted by molar-refractivity contribution is 0.193. The molecule has 0 radical (unpaired) electrons. The molecule has 1 aromatic carbocycles. The van der Waals surface area contributed by atoms with Gasteiger partial charge >= 0.3 is 0 Å². The maximum absolute atomic E-state index is 4.45. The molecular weight excluding hydrogens is 298 g/mol. The molecule has 1 aliphatic heterocycles. The molecule has 5 nitrogen and oxygen atoms in total. The van der Waals surface area contributed by atoms with E-state index in [-0.39, 0.29) is 0 Å². The molecule has 0 saturated carbocycles. The molecule has 24 heavy (non-hydrogen) atoms. The molecule has 0 unspecified atom stereocenters. The van der Waals surface area contributed by atoms with Crippen molar-refractivity contribution in [1.82, 2.24) is 24.4 Å². The van der Waals surface area contributed by atoms with Crippen molar-refractivity contribution in [2.45, 2.75) is 31.8 Å². The van der Waals surface area contributed by atoms with Crippen molar-refractivity contribution in [1.29, 1.82) is 0 Å². The van der Waals surface area contributed by atoms with Gasteiger partial charge in [-0.15, -0.1) is 0 Å². The highest BCUT2D eigenvalue weighted by molar-refractivity contribution is 5.16. The molecule has 5 heteroatoms. The smallest absolute Gasteiger partial charge is 0.110 e. The third-order valence-electron chi connectivity index (χ3n) is 4.79. The standard InChI is InChI=1S/C19H23N5/c1-2-5-16(6-3-1)12-24-15-20-11-18(24)14-23-10-4-7-17(13-23)19-21-8-9-22-19/h1-3,5-6,8-9,11,15,17H,4,7,10,12-14H2,(H,21,22)/t17-/m0/s1. The van der Waals surface area contributed by atoms with Gasteiger partial charge in [-0.1, -0.05) is 30.3 Å². The van der Waals surface area contributed by atoms with E-state index in [0.29, 0.717) is 5.92 Å². The number of piperidine rings is 1. The lowest BCUT2D eigenvalue weighted by Crippen LogP contribution is -2.34. The molecule has 124 valence electrons. The van der Waals surface area contributed by atoms with E-state index in [4.69, 9.17) is 0 Å². The summed E-state index contributed by atoms with van der Waals surface area (Å²) < 4.78 is 2.26. The molecule has 3 aromatic rings. The van der Waals surface area contributed by atoms with Gasteiger partial charge in [0.15, 0.2) is 0 Å². The predicted molar refractivity (Wildman–Crippen MR) is 93.6 cm³/mol. The molecular formula is C19H23N5. The van der Waals surface area contributed by atoms with Crippen LogP contribution in [0.2, 0.25) is 0 Å². The van der Waals surface area contributed by atoms with Crippen molar-refractivity contribution in [3.8, 4) is 0 Å². The van der Waals surface area contributed by atoms with E-state index in [2.05, 4.69) is 54.8 Å². The van der Waals surface area contributed by atoms with Crippen molar-refractivity contribution in [2.75, 3.05) is 13.1 Å². The molecule has 1 N–H and O–H groups in total. The molecule has 1 fully saturated rings. The van der Waals surface area contributed by atoms with Gasteiger partial charge in [-0.25, -0.2) is 9.97 Å². The van der Waals surface area contributed by atoms with Crippen LogP contribution >= 0.6 is 0 Å². The SMILES string of the molecule is c1ccc(Cn2cncc2CN2CCC[C@H](c3ncc[nH]3)C2)cc1. The quantitative estimate of drug-likeness (QED) is 0.786. The van der Waals surface area contributed by atoms with E-state index in [1.807, 2.05) is 24.9 Å². The Morgan fingerprint density at radius 2 is 2.08 bits per heavy atom. The topological polar surface area (TPSA) is 49.7 Å². The molecule has 1 atom stereocenters. The Bertz CT molecular complexity index is 747. The van der Waals surface area contributed by atoms with Gasteiger partial charge in [-0.05, 0) is 24.9 Å². The third kappa shape index (κ3) is 3.41. The summed E-state index contributed by atoms with van der Waals surface area (Å²) in [5.41, 5.74) is 2.59. The molecule has 2 aromatic heterocycles. The fraction of sp³-hybridized carbons (Fsp3) is 0.368. The van der Waals surface area contributed by atoms with Crippen LogP contribution in [0.5, 0.6) is 0 Å². The van der Waals surface area contributed by atoms with Gasteiger partial charge in [0.05, 0.1) is 12.0 Å². The Kier molecular flexibility index (Phi) is 4.42. The molecule has 1 saturated heterocycles. The van der Waals surface area contributed by atoms with E-state index in [1.165, 1.54) is 24.1 Å². The van der Waals surface area contributed by atoms with E-state index in [1.54, 1.807) is 0 Å². The minimum atomic E-state index is 0.513. The van der Waals surface area contributed by atoms with Gasteiger partial charge in [0.1, 0.15) is 5.82 Å². The second-order valence-electron chi connectivity index (χ2n) is 6.55. The van der Waals surface area contributed by atoms with E-state index in [0.717, 1.165) is 32.0 Å². The first kappa shape index (κ1) is 15.1. The summed E-state index contributed by atoms with van der Waals surface area (Å²) in [6.07, 6.45) is 10.1. The van der Waals surface area contributed by atoms with E-state index in [9.17, 15) is 0 Å². The number of hydrogen-bond acceptors (Lipinski definition) is 3. The average Bonchev–Trinajstić information content (AvgIpc) is 3.29. The Labute approximate surface area is 142 Å². The van der Waals surface area contributed by atoms with Crippen molar-refractivity contribution in [3.63, 3.8) is 0 Å². The Balaban J connectivity index is 1.43. The zero-order valence-corrected chi connectivity index (χ0v) is 13.8. The number of rotatable bonds is 5. The highest BCUT2D eigenvalue weighted by atomic mass is 15.2. The number of hydrogen-bond donors (Lipinski definition) is 1. The number of aromatic amines is 1. The van der Waals surface area contributed by atoms with Crippen molar-refractivity contribution >= 4 is 0 Å². The van der Waals surface area contributed by atoms with Crippen molar-refractivity contribution in [2.24, 2.45) is 0 Å². The molecule has 4 rings (SSSR count). The fourth-order valence-electron chi connectivity index (χ4n) is 3.55. The minimum Gasteiger partial charge on any atom is -0.348 e. The van der Waals surface area contributed by atoms with Gasteiger partial charge in [0.25, 0.3) is 0 Å². The Morgan fingerprint density at radius 3 is 2.92 bits per heavy atom. The molecule has 0 spiro atoms. The summed E-state index contributed by atoms with van der Waals surface area (Å²) in [5.74, 6) is 1.64. The van der Waals surface area contributed by atoms with Crippen molar-refractivity contribution in [3.05, 3.63) is 72.3 Å². The first-order valence-electron chi connectivity index (χ1n) is 8.63. The average molecular weight is 321 g/mol. The predicted octanol–water partition coefficient (Wildman–Crippen LogP) is 3.03. The maximum atomic E-state index is 4.45. The first-order chi connectivity index (χ1) is 11.9. The van der Waals surface area contributed by atoms with Crippen LogP contribution in [0.3, 0.4) is 0 Å². The van der Waals surface area contributed by atoms with Crippen LogP contribution in [-0.4, -0.2) is 37.5 Å². The van der Waals surface area contributed by atoms with Crippen LogP contribution < -0.4 is 0 Å². The monoisotopic (exact) mass is 321 g/mol. The second-order valence-corrected chi connectivity index (χ2v) is 6.55. The summed E-state index contributed by atoms with van der Waals surface area (Å²) in [4.78, 5) is 14.6. The van der Waals surface area contributed by atoms with Crippen molar-refractivity contribution < 1.29 is 0 Å². The largest absolute Gasteiger partial charge is 0.348 e. The summed E-state index contributed by atoms with van der Waals surface area (Å²) in [6.45, 7) is 4.04. The maximum Gasteiger partial charge on any atom is 0.110 e. The Hall–Kier alpha value is -2.40. The van der Waals surface area contributed by atoms with Crippen LogP contribution in [0.1, 0.15) is 35.8 Å². The van der Waals surface area contributed by atoms with Crippen LogP contribution in [0.15, 0.2) is 55.2 Å². The summed E-state index contributed by atoms with van der Waals surface area (Å²) in [5, 5.41) is 0. The normalized spacial score (nSPS) is 18.8. The lowest BCUT2D eigenvalue weighted by Gasteiger charge is -2.31. The molecule has 0 bridgehead atoms. The highest BCUT2D eigenvalue weighted by Crippen LogP contribution is 2.25. The molecule has 0 amide bonds. The number of benzene rings is 1. The first-order valence-corrected chi connectivity index (χ1v) is 8.63. The number of aromatic nitrogens is 4. The number of nitrogens with one attached hydrogen (secondary N) is 1. The molecule has 1 aliphatic rings. The lowest BCUT2D eigenvalue weighted by atomic mass is 9.97. The number of nitrogens with zero attached hydrogens (tertiary/aromatic N) is 4. The number of imidazole rings is 2. The Morgan fingerprint density at radius 1 is 1.17 bits per heavy atom. The zero-order chi connectivity index (χ0) is 16.2. The summed E-state index contributed by atoms with van der Waals surface area (Å²) in [7, 11) is 0. The summed E-state index contributed by atoms with van der Waals surface area (Å²) >= 11 is 0. The molecule has 0 aliphatic carbocycles. The number of H-pyrrole nitrogens is 1. The van der Waals surface area contributed by atoms with Gasteiger partial charge in [-0.3, -0.25) is 4.90 Å². The minimum absolute atomic E-state index is 0.513. The fourth-order valence-corrected chi connectivity index (χ4v) is 3.55. The van der Waals surface area contributed by atoms with Crippen LogP contribution in [0.25, 0.3) is 0 Å². The third-order valence-corrected chi connectivity index (χ3v) is 4.79. The van der Waals surface area contributed by atoms with Gasteiger partial charge in [0, 0.05) is 44.1 Å². The van der Waals surface area contributed by atoms with Crippen LogP contribution in [0, 0.1) is 0 Å². The van der Waals surface area contributed by atoms with Gasteiger partial charge < -0.3 is 9.55 Å². The number of likely N-dealkylation sites (tertiary alicyclic amines) is 1. The van der Waals surface area contributed by atoms with Crippen LogP contribution in [0.4, 0.5) is 0 Å².